The Bertz CT molecular complexity index is 1320. The third-order valence-electron chi connectivity index (χ3n) is 4.90. The number of methoxy groups -OCH3 is 2. The highest BCUT2D eigenvalue weighted by Gasteiger charge is 2.15. The van der Waals surface area contributed by atoms with Crippen molar-refractivity contribution in [2.45, 2.75) is 6.92 Å². The van der Waals surface area contributed by atoms with Crippen molar-refractivity contribution in [2.24, 2.45) is 0 Å². The van der Waals surface area contributed by atoms with Crippen LogP contribution in [0.5, 0.6) is 17.2 Å². The molecule has 3 aromatic carbocycles. The zero-order chi connectivity index (χ0) is 22.0. The van der Waals surface area contributed by atoms with Crippen molar-refractivity contribution in [2.75, 3.05) is 14.2 Å². The number of rotatable bonds is 5. The molecule has 1 aromatic heterocycles. The fourth-order valence-corrected chi connectivity index (χ4v) is 3.22. The maximum atomic E-state index is 12.7. The molecule has 0 N–H and O–H groups in total. The van der Waals surface area contributed by atoms with Crippen LogP contribution in [0.25, 0.3) is 22.1 Å². The van der Waals surface area contributed by atoms with Crippen molar-refractivity contribution in [1.82, 2.24) is 0 Å². The van der Waals surface area contributed by atoms with Crippen molar-refractivity contribution in [3.05, 3.63) is 88.3 Å². The number of hydrogen-bond donors (Lipinski definition) is 0. The van der Waals surface area contributed by atoms with Crippen molar-refractivity contribution >= 4 is 16.9 Å². The molecule has 156 valence electrons. The Morgan fingerprint density at radius 3 is 2.26 bits per heavy atom. The first kappa shape index (κ1) is 20.2. The molecular weight excluding hydrogens is 396 g/mol. The molecule has 0 aliphatic carbocycles. The highest BCUT2D eigenvalue weighted by Crippen LogP contribution is 2.33. The van der Waals surface area contributed by atoms with E-state index in [-0.39, 0.29) is 5.75 Å². The lowest BCUT2D eigenvalue weighted by atomic mass is 10.0. The lowest BCUT2D eigenvalue weighted by molar-refractivity contribution is 0.0735. The van der Waals surface area contributed by atoms with E-state index >= 15 is 0 Å². The molecule has 0 atom stereocenters. The minimum Gasteiger partial charge on any atom is -0.497 e. The van der Waals surface area contributed by atoms with Crippen LogP contribution in [-0.4, -0.2) is 20.2 Å². The molecule has 0 aliphatic heterocycles. The topological polar surface area (TPSA) is 75.0 Å². The van der Waals surface area contributed by atoms with Crippen LogP contribution in [0.3, 0.4) is 0 Å². The average molecular weight is 416 g/mol. The van der Waals surface area contributed by atoms with Gasteiger partial charge < -0.3 is 18.6 Å². The summed E-state index contributed by atoms with van der Waals surface area (Å²) in [5.41, 5.74) is 2.22. The molecule has 0 aliphatic rings. The van der Waals surface area contributed by atoms with Crippen LogP contribution >= 0.6 is 0 Å². The van der Waals surface area contributed by atoms with E-state index in [1.165, 1.54) is 13.2 Å². The van der Waals surface area contributed by atoms with E-state index < -0.39 is 11.6 Å². The van der Waals surface area contributed by atoms with Crippen LogP contribution < -0.4 is 19.8 Å². The highest BCUT2D eigenvalue weighted by atomic mass is 16.5. The fourth-order valence-electron chi connectivity index (χ4n) is 3.22. The Hall–Kier alpha value is -4.06. The molecule has 6 nitrogen and oxygen atoms in total. The summed E-state index contributed by atoms with van der Waals surface area (Å²) >= 11 is 0. The van der Waals surface area contributed by atoms with E-state index in [9.17, 15) is 9.59 Å². The van der Waals surface area contributed by atoms with Crippen LogP contribution in [0, 0.1) is 6.92 Å². The molecule has 31 heavy (non-hydrogen) atoms. The molecule has 4 rings (SSSR count). The molecule has 0 saturated heterocycles. The SMILES string of the molecule is COc1ccc(-c2cc3ccc(OC(=O)c4ccc(C)cc4)cc3oc2=O)c(OC)c1. The number of esters is 1. The maximum absolute atomic E-state index is 12.7. The van der Waals surface area contributed by atoms with Gasteiger partial charge in [0.2, 0.25) is 0 Å². The molecule has 6 heteroatoms. The normalized spacial score (nSPS) is 10.7. The van der Waals surface area contributed by atoms with E-state index in [0.717, 1.165) is 5.56 Å². The van der Waals surface area contributed by atoms with Crippen LogP contribution in [0.2, 0.25) is 0 Å². The first-order valence-corrected chi connectivity index (χ1v) is 9.57. The van der Waals surface area contributed by atoms with Crippen LogP contribution in [-0.2, 0) is 0 Å². The zero-order valence-electron chi connectivity index (χ0n) is 17.3. The maximum Gasteiger partial charge on any atom is 0.344 e. The quantitative estimate of drug-likeness (QED) is 0.259. The van der Waals surface area contributed by atoms with Crippen molar-refractivity contribution in [1.29, 1.82) is 0 Å². The van der Waals surface area contributed by atoms with E-state index in [1.807, 2.05) is 19.1 Å². The number of benzene rings is 3. The van der Waals surface area contributed by atoms with Crippen molar-refractivity contribution in [3.63, 3.8) is 0 Å². The summed E-state index contributed by atoms with van der Waals surface area (Å²) in [6, 6.07) is 18.9. The van der Waals surface area contributed by atoms with Crippen LogP contribution in [0.4, 0.5) is 0 Å². The Morgan fingerprint density at radius 2 is 1.55 bits per heavy atom. The predicted molar refractivity (Wildman–Crippen MR) is 117 cm³/mol. The number of carbonyl (C=O) groups excluding carboxylic acids is 1. The standard InChI is InChI=1S/C25H20O6/c1-15-4-6-16(7-5-15)24(26)30-19-9-8-17-12-21(25(27)31-22(17)14-19)20-11-10-18(28-2)13-23(20)29-3/h4-14H,1-3H3. The molecule has 0 radical (unpaired) electrons. The lowest BCUT2D eigenvalue weighted by Crippen LogP contribution is -2.08. The molecule has 0 fully saturated rings. The zero-order valence-corrected chi connectivity index (χ0v) is 17.3. The largest absolute Gasteiger partial charge is 0.497 e. The second-order valence-electron chi connectivity index (χ2n) is 6.97. The Morgan fingerprint density at radius 1 is 0.806 bits per heavy atom. The summed E-state index contributed by atoms with van der Waals surface area (Å²) in [5.74, 6) is 0.915. The summed E-state index contributed by atoms with van der Waals surface area (Å²) < 4.78 is 21.6. The van der Waals surface area contributed by atoms with Gasteiger partial charge in [0.25, 0.3) is 0 Å². The summed E-state index contributed by atoms with van der Waals surface area (Å²) in [7, 11) is 3.08. The minimum absolute atomic E-state index is 0.288. The second-order valence-corrected chi connectivity index (χ2v) is 6.97. The van der Waals surface area contributed by atoms with Gasteiger partial charge in [-0.15, -0.1) is 0 Å². The van der Waals surface area contributed by atoms with Gasteiger partial charge in [-0.25, -0.2) is 9.59 Å². The van der Waals surface area contributed by atoms with Gasteiger partial charge in [-0.1, -0.05) is 17.7 Å². The van der Waals surface area contributed by atoms with Gasteiger partial charge in [0.05, 0.1) is 25.3 Å². The minimum atomic E-state index is -0.530. The number of ether oxygens (including phenoxy) is 3. The number of aryl methyl sites for hydroxylation is 1. The second kappa shape index (κ2) is 8.36. The van der Waals surface area contributed by atoms with Gasteiger partial charge in [-0.3, -0.25) is 0 Å². The van der Waals surface area contributed by atoms with Crippen molar-refractivity contribution < 1.29 is 23.4 Å². The van der Waals surface area contributed by atoms with E-state index in [2.05, 4.69) is 0 Å². The number of fused-ring (bicyclic) bond motifs is 1. The van der Waals surface area contributed by atoms with E-state index in [0.29, 0.717) is 39.2 Å². The van der Waals surface area contributed by atoms with E-state index in [1.54, 1.807) is 55.6 Å². The molecule has 0 amide bonds. The molecule has 4 aromatic rings. The van der Waals surface area contributed by atoms with Gasteiger partial charge in [0, 0.05) is 23.1 Å². The van der Waals surface area contributed by atoms with Crippen molar-refractivity contribution in [3.8, 4) is 28.4 Å². The van der Waals surface area contributed by atoms with Gasteiger partial charge in [-0.2, -0.15) is 0 Å². The van der Waals surface area contributed by atoms with E-state index in [4.69, 9.17) is 18.6 Å². The Kier molecular flexibility index (Phi) is 5.45. The molecule has 1 heterocycles. The first-order valence-electron chi connectivity index (χ1n) is 9.57. The smallest absolute Gasteiger partial charge is 0.344 e. The molecule has 0 unspecified atom stereocenters. The number of carbonyl (C=O) groups is 1. The molecule has 0 saturated carbocycles. The fraction of sp³-hybridized carbons (Fsp3) is 0.120. The Balaban J connectivity index is 1.68. The predicted octanol–water partition coefficient (Wildman–Crippen LogP) is 5.00. The van der Waals surface area contributed by atoms with Gasteiger partial charge >= 0.3 is 11.6 Å². The molecule has 0 bridgehead atoms. The third kappa shape index (κ3) is 4.14. The summed E-state index contributed by atoms with van der Waals surface area (Å²) in [5, 5.41) is 0.683. The van der Waals surface area contributed by atoms with Gasteiger partial charge in [0.1, 0.15) is 22.8 Å². The summed E-state index contributed by atoms with van der Waals surface area (Å²) in [6.45, 7) is 1.94. The highest BCUT2D eigenvalue weighted by molar-refractivity contribution is 5.92. The third-order valence-corrected chi connectivity index (χ3v) is 4.90. The monoisotopic (exact) mass is 416 g/mol. The average Bonchev–Trinajstić information content (AvgIpc) is 2.78. The van der Waals surface area contributed by atoms with Crippen LogP contribution in [0.1, 0.15) is 15.9 Å². The first-order chi connectivity index (χ1) is 15.0. The number of hydrogen-bond acceptors (Lipinski definition) is 6. The lowest BCUT2D eigenvalue weighted by Gasteiger charge is -2.10. The van der Waals surface area contributed by atoms with Gasteiger partial charge in [-0.05, 0) is 49.4 Å². The molecule has 0 spiro atoms. The van der Waals surface area contributed by atoms with Gasteiger partial charge in [0.15, 0.2) is 0 Å². The molecular formula is C25H20O6. The summed E-state index contributed by atoms with van der Waals surface area (Å²) in [6.07, 6.45) is 0. The Labute approximate surface area is 178 Å². The summed E-state index contributed by atoms with van der Waals surface area (Å²) in [4.78, 5) is 25.0. The van der Waals surface area contributed by atoms with Crippen LogP contribution in [0.15, 0.2) is 75.9 Å².